The van der Waals surface area contributed by atoms with Gasteiger partial charge in [0.1, 0.15) is 6.04 Å². The number of aliphatic hydroxyl groups is 1. The maximum absolute atomic E-state index is 12.3. The van der Waals surface area contributed by atoms with E-state index in [0.717, 1.165) is 12.8 Å². The lowest BCUT2D eigenvalue weighted by Gasteiger charge is -2.35. The van der Waals surface area contributed by atoms with E-state index in [1.165, 1.54) is 7.11 Å². The van der Waals surface area contributed by atoms with E-state index in [4.69, 9.17) is 4.74 Å². The van der Waals surface area contributed by atoms with Crippen molar-refractivity contribution in [1.29, 1.82) is 0 Å². The molecule has 3 unspecified atom stereocenters. The molecule has 0 spiro atoms. The van der Waals surface area contributed by atoms with E-state index >= 15 is 0 Å². The highest BCUT2D eigenvalue weighted by Crippen LogP contribution is 2.21. The fraction of sp³-hybridized carbons (Fsp3) is 0.833. The van der Waals surface area contributed by atoms with Gasteiger partial charge < -0.3 is 20.1 Å². The minimum absolute atomic E-state index is 0.0957. The molecule has 102 valence electrons. The van der Waals surface area contributed by atoms with Crippen LogP contribution in [0.1, 0.15) is 25.7 Å². The number of hydrogen-bond acceptors (Lipinski definition) is 5. The molecule has 3 atom stereocenters. The Morgan fingerprint density at radius 3 is 2.78 bits per heavy atom. The van der Waals surface area contributed by atoms with Gasteiger partial charge in [0, 0.05) is 13.1 Å². The lowest BCUT2D eigenvalue weighted by molar-refractivity contribution is -0.155. The van der Waals surface area contributed by atoms with E-state index in [9.17, 15) is 14.7 Å². The van der Waals surface area contributed by atoms with Crippen molar-refractivity contribution in [2.24, 2.45) is 0 Å². The van der Waals surface area contributed by atoms with Gasteiger partial charge in [0.05, 0.1) is 19.3 Å². The van der Waals surface area contributed by atoms with Crippen molar-refractivity contribution in [3.8, 4) is 0 Å². The lowest BCUT2D eigenvalue weighted by atomic mass is 10.0. The average molecular weight is 256 g/mol. The Morgan fingerprint density at radius 1 is 1.39 bits per heavy atom. The number of carbonyl (C=O) groups excluding carboxylic acids is 2. The Hall–Kier alpha value is -1.14. The zero-order chi connectivity index (χ0) is 13.1. The number of β-amino-alcohol motifs (C(OH)–C–C–N with tert-alkyl or cyclic N) is 1. The van der Waals surface area contributed by atoms with Crippen molar-refractivity contribution in [2.75, 3.05) is 20.2 Å². The van der Waals surface area contributed by atoms with Crippen molar-refractivity contribution in [3.05, 3.63) is 0 Å². The molecule has 2 aliphatic rings. The minimum atomic E-state index is -0.472. The maximum atomic E-state index is 12.3. The maximum Gasteiger partial charge on any atom is 0.328 e. The molecule has 0 aromatic carbocycles. The fourth-order valence-corrected chi connectivity index (χ4v) is 2.68. The summed E-state index contributed by atoms with van der Waals surface area (Å²) in [6.45, 7) is 1.03. The minimum Gasteiger partial charge on any atom is -0.467 e. The van der Waals surface area contributed by atoms with E-state index in [1.54, 1.807) is 4.90 Å². The summed E-state index contributed by atoms with van der Waals surface area (Å²) in [5.41, 5.74) is 0. The molecule has 2 heterocycles. The van der Waals surface area contributed by atoms with Gasteiger partial charge in [-0.05, 0) is 25.7 Å². The second kappa shape index (κ2) is 5.67. The van der Waals surface area contributed by atoms with Crippen LogP contribution in [-0.2, 0) is 14.3 Å². The molecule has 0 radical (unpaired) electrons. The van der Waals surface area contributed by atoms with Gasteiger partial charge in [-0.3, -0.25) is 4.79 Å². The predicted octanol–water partition coefficient (Wildman–Crippen LogP) is -0.737. The van der Waals surface area contributed by atoms with Crippen LogP contribution >= 0.6 is 0 Å². The number of likely N-dealkylation sites (tertiary alicyclic amines) is 1. The number of carbonyl (C=O) groups is 2. The highest BCUT2D eigenvalue weighted by Gasteiger charge is 2.38. The van der Waals surface area contributed by atoms with Gasteiger partial charge in [-0.25, -0.2) is 4.79 Å². The number of nitrogens with one attached hydrogen (secondary N) is 1. The molecule has 6 nitrogen and oxygen atoms in total. The van der Waals surface area contributed by atoms with E-state index in [-0.39, 0.29) is 17.9 Å². The number of esters is 1. The second-order valence-electron chi connectivity index (χ2n) is 4.92. The monoisotopic (exact) mass is 256 g/mol. The topological polar surface area (TPSA) is 78.9 Å². The normalized spacial score (nSPS) is 32.3. The molecular weight excluding hydrogens is 236 g/mol. The predicted molar refractivity (Wildman–Crippen MR) is 63.8 cm³/mol. The molecule has 0 bridgehead atoms. The standard InChI is InChI=1S/C12H20N2O4/c1-18-12(17)10-4-2-3-5-14(10)11(16)9-6-8(15)7-13-9/h8-10,13,15H,2-7H2,1H3. The summed E-state index contributed by atoms with van der Waals surface area (Å²) >= 11 is 0. The van der Waals surface area contributed by atoms with Crippen LogP contribution < -0.4 is 5.32 Å². The first-order valence-corrected chi connectivity index (χ1v) is 6.43. The number of rotatable bonds is 2. The molecule has 0 aromatic rings. The zero-order valence-corrected chi connectivity index (χ0v) is 10.6. The Labute approximate surface area is 106 Å². The van der Waals surface area contributed by atoms with Gasteiger partial charge in [-0.15, -0.1) is 0 Å². The average Bonchev–Trinajstić information content (AvgIpc) is 2.83. The van der Waals surface area contributed by atoms with Crippen LogP contribution in [0.2, 0.25) is 0 Å². The third-order valence-electron chi connectivity index (χ3n) is 3.66. The molecule has 2 rings (SSSR count). The van der Waals surface area contributed by atoms with Crippen LogP contribution in [0.15, 0.2) is 0 Å². The Kier molecular flexibility index (Phi) is 4.19. The molecule has 2 fully saturated rings. The first kappa shape index (κ1) is 13.3. The number of hydrogen-bond donors (Lipinski definition) is 2. The highest BCUT2D eigenvalue weighted by atomic mass is 16.5. The van der Waals surface area contributed by atoms with Crippen LogP contribution in [0.5, 0.6) is 0 Å². The summed E-state index contributed by atoms with van der Waals surface area (Å²) < 4.78 is 4.75. The molecule has 2 saturated heterocycles. The molecule has 2 aliphatic heterocycles. The number of amides is 1. The summed E-state index contributed by atoms with van der Waals surface area (Å²) in [7, 11) is 1.34. The molecule has 0 saturated carbocycles. The first-order valence-electron chi connectivity index (χ1n) is 6.43. The molecule has 6 heteroatoms. The van der Waals surface area contributed by atoms with Gasteiger partial charge in [0.2, 0.25) is 5.91 Å². The zero-order valence-electron chi connectivity index (χ0n) is 10.6. The van der Waals surface area contributed by atoms with Crippen LogP contribution in [0.3, 0.4) is 0 Å². The summed E-state index contributed by atoms with van der Waals surface area (Å²) in [5.74, 6) is -0.441. The first-order chi connectivity index (χ1) is 8.63. The summed E-state index contributed by atoms with van der Waals surface area (Å²) in [6.07, 6.45) is 2.45. The highest BCUT2D eigenvalue weighted by molar-refractivity contribution is 5.88. The van der Waals surface area contributed by atoms with Gasteiger partial charge in [0.25, 0.3) is 0 Å². The third kappa shape index (κ3) is 2.64. The smallest absolute Gasteiger partial charge is 0.328 e. The summed E-state index contributed by atoms with van der Waals surface area (Å²) in [6, 6.07) is -0.832. The van der Waals surface area contributed by atoms with Crippen molar-refractivity contribution in [3.63, 3.8) is 0 Å². The van der Waals surface area contributed by atoms with E-state index in [1.807, 2.05) is 0 Å². The Morgan fingerprint density at radius 2 is 2.17 bits per heavy atom. The van der Waals surface area contributed by atoms with Crippen LogP contribution in [0.25, 0.3) is 0 Å². The number of ether oxygens (including phenoxy) is 1. The SMILES string of the molecule is COC(=O)C1CCCCN1C(=O)C1CC(O)CN1. The summed E-state index contributed by atoms with van der Waals surface area (Å²) in [5, 5.41) is 12.4. The largest absolute Gasteiger partial charge is 0.467 e. The van der Waals surface area contributed by atoms with E-state index < -0.39 is 12.1 Å². The van der Waals surface area contributed by atoms with E-state index in [0.29, 0.717) is 25.9 Å². The number of methoxy groups -OCH3 is 1. The van der Waals surface area contributed by atoms with Gasteiger partial charge in [0.15, 0.2) is 0 Å². The molecule has 1 amide bonds. The molecule has 18 heavy (non-hydrogen) atoms. The van der Waals surface area contributed by atoms with Gasteiger partial charge in [-0.1, -0.05) is 0 Å². The Bertz CT molecular complexity index is 334. The molecular formula is C12H20N2O4. The number of aliphatic hydroxyl groups excluding tert-OH is 1. The van der Waals surface area contributed by atoms with Crippen molar-refractivity contribution in [2.45, 2.75) is 43.9 Å². The molecule has 2 N–H and O–H groups in total. The van der Waals surface area contributed by atoms with E-state index in [2.05, 4.69) is 5.32 Å². The lowest BCUT2D eigenvalue weighted by Crippen LogP contribution is -2.53. The summed E-state index contributed by atoms with van der Waals surface area (Å²) in [4.78, 5) is 25.6. The van der Waals surface area contributed by atoms with Crippen molar-refractivity contribution >= 4 is 11.9 Å². The van der Waals surface area contributed by atoms with Crippen LogP contribution in [0.4, 0.5) is 0 Å². The molecule has 0 aromatic heterocycles. The van der Waals surface area contributed by atoms with Gasteiger partial charge >= 0.3 is 5.97 Å². The third-order valence-corrected chi connectivity index (χ3v) is 3.66. The number of nitrogens with zero attached hydrogens (tertiary/aromatic N) is 1. The van der Waals surface area contributed by atoms with Crippen LogP contribution in [-0.4, -0.2) is 60.3 Å². The second-order valence-corrected chi connectivity index (χ2v) is 4.92. The quantitative estimate of drug-likeness (QED) is 0.636. The number of piperidine rings is 1. The van der Waals surface area contributed by atoms with Crippen molar-refractivity contribution < 1.29 is 19.4 Å². The fourth-order valence-electron chi connectivity index (χ4n) is 2.68. The Balaban J connectivity index is 2.04. The molecule has 0 aliphatic carbocycles. The van der Waals surface area contributed by atoms with Crippen LogP contribution in [0, 0.1) is 0 Å². The van der Waals surface area contributed by atoms with Gasteiger partial charge in [-0.2, -0.15) is 0 Å². The van der Waals surface area contributed by atoms with Crippen molar-refractivity contribution in [1.82, 2.24) is 10.2 Å².